The fraction of sp³-hybridized carbons (Fsp3) is 0.316. The highest BCUT2D eigenvalue weighted by atomic mass is 32.2. The van der Waals surface area contributed by atoms with Crippen LogP contribution < -0.4 is 0 Å². The Kier molecular flexibility index (Phi) is 4.40. The van der Waals surface area contributed by atoms with Crippen LogP contribution in [0.2, 0.25) is 0 Å². The van der Waals surface area contributed by atoms with E-state index in [0.717, 1.165) is 35.1 Å². The van der Waals surface area contributed by atoms with Crippen molar-refractivity contribution < 1.29 is 9.18 Å². The highest BCUT2D eigenvalue weighted by Crippen LogP contribution is 2.37. The number of rotatable bonds is 6. The maximum absolute atomic E-state index is 13.6. The van der Waals surface area contributed by atoms with Crippen LogP contribution in [-0.2, 0) is 0 Å². The molecular formula is C19H19FN4OS. The van der Waals surface area contributed by atoms with Crippen molar-refractivity contribution in [2.45, 2.75) is 37.9 Å². The first-order chi connectivity index (χ1) is 12.5. The molecule has 0 saturated heterocycles. The predicted molar refractivity (Wildman–Crippen MR) is 98.5 cm³/mol. The molecule has 7 heteroatoms. The highest BCUT2D eigenvalue weighted by Gasteiger charge is 2.26. The molecule has 2 heterocycles. The zero-order chi connectivity index (χ0) is 18.3. The van der Waals surface area contributed by atoms with Crippen LogP contribution in [-0.4, -0.2) is 30.9 Å². The van der Waals surface area contributed by atoms with Gasteiger partial charge in [0.15, 0.2) is 10.9 Å². The van der Waals surface area contributed by atoms with E-state index in [1.54, 1.807) is 12.4 Å². The zero-order valence-corrected chi connectivity index (χ0v) is 15.5. The molecule has 0 amide bonds. The van der Waals surface area contributed by atoms with E-state index in [4.69, 9.17) is 0 Å². The van der Waals surface area contributed by atoms with Gasteiger partial charge in [0.1, 0.15) is 12.1 Å². The molecule has 0 aliphatic heterocycles. The molecule has 0 radical (unpaired) electrons. The molecule has 0 bridgehead atoms. The number of carbonyl (C=O) groups excluding carboxylic acids is 1. The molecule has 4 rings (SSSR count). The first-order valence-corrected chi connectivity index (χ1v) is 9.53. The van der Waals surface area contributed by atoms with E-state index in [1.807, 2.05) is 35.1 Å². The van der Waals surface area contributed by atoms with Crippen LogP contribution in [0.4, 0.5) is 4.39 Å². The monoisotopic (exact) mass is 370 g/mol. The van der Waals surface area contributed by atoms with Crippen molar-refractivity contribution in [3.05, 3.63) is 59.4 Å². The molecular weight excluding hydrogens is 351 g/mol. The summed E-state index contributed by atoms with van der Waals surface area (Å²) in [6, 6.07) is 8.75. The molecule has 0 atom stereocenters. The van der Waals surface area contributed by atoms with Crippen LogP contribution in [0.25, 0.3) is 5.69 Å². The summed E-state index contributed by atoms with van der Waals surface area (Å²) in [6.45, 7) is 3.81. The molecule has 1 saturated carbocycles. The van der Waals surface area contributed by atoms with Crippen molar-refractivity contribution in [2.75, 3.05) is 5.75 Å². The van der Waals surface area contributed by atoms with Crippen molar-refractivity contribution in [2.24, 2.45) is 0 Å². The summed E-state index contributed by atoms with van der Waals surface area (Å²) >= 11 is 1.42. The lowest BCUT2D eigenvalue weighted by molar-refractivity contribution is 0.102. The van der Waals surface area contributed by atoms with E-state index in [1.165, 1.54) is 23.9 Å². The Hall–Kier alpha value is -2.41. The third kappa shape index (κ3) is 3.19. The standard InChI is InChI=1S/C19H19FN4OS/c1-12-8-17(13(2)24(12)16-5-3-4-14(20)9-16)18(25)10-26-19-22-21-11-23(19)15-6-7-15/h3-5,8-9,11,15H,6-7,10H2,1-2H3. The number of aryl methyl sites for hydroxylation is 1. The molecule has 26 heavy (non-hydrogen) atoms. The van der Waals surface area contributed by atoms with Gasteiger partial charge < -0.3 is 9.13 Å². The normalized spacial score (nSPS) is 14.0. The van der Waals surface area contributed by atoms with E-state index < -0.39 is 0 Å². The van der Waals surface area contributed by atoms with E-state index in [2.05, 4.69) is 10.2 Å². The largest absolute Gasteiger partial charge is 0.318 e. The summed E-state index contributed by atoms with van der Waals surface area (Å²) < 4.78 is 17.5. The minimum absolute atomic E-state index is 0.0381. The minimum atomic E-state index is -0.294. The Labute approximate surface area is 155 Å². The summed E-state index contributed by atoms with van der Waals surface area (Å²) in [5.41, 5.74) is 3.11. The number of nitrogens with zero attached hydrogens (tertiary/aromatic N) is 4. The summed E-state index contributed by atoms with van der Waals surface area (Å²) in [6.07, 6.45) is 4.03. The van der Waals surface area contributed by atoms with Gasteiger partial charge in [0, 0.05) is 28.7 Å². The van der Waals surface area contributed by atoms with Gasteiger partial charge in [-0.25, -0.2) is 4.39 Å². The summed E-state index contributed by atoms with van der Waals surface area (Å²) in [4.78, 5) is 12.8. The van der Waals surface area contributed by atoms with Gasteiger partial charge in [0.2, 0.25) is 0 Å². The fourth-order valence-electron chi connectivity index (χ4n) is 3.20. The lowest BCUT2D eigenvalue weighted by Crippen LogP contribution is -2.06. The predicted octanol–water partition coefficient (Wildman–Crippen LogP) is 4.13. The van der Waals surface area contributed by atoms with Gasteiger partial charge in [0.05, 0.1) is 5.75 Å². The molecule has 5 nitrogen and oxygen atoms in total. The van der Waals surface area contributed by atoms with Gasteiger partial charge in [-0.15, -0.1) is 10.2 Å². The Morgan fingerprint density at radius 2 is 2.12 bits per heavy atom. The molecule has 2 aromatic heterocycles. The second-order valence-electron chi connectivity index (χ2n) is 6.56. The van der Waals surface area contributed by atoms with Gasteiger partial charge >= 0.3 is 0 Å². The van der Waals surface area contributed by atoms with Crippen LogP contribution in [0.1, 0.15) is 40.6 Å². The van der Waals surface area contributed by atoms with E-state index in [9.17, 15) is 9.18 Å². The molecule has 1 aliphatic carbocycles. The average molecular weight is 370 g/mol. The number of halogens is 1. The maximum atomic E-state index is 13.6. The zero-order valence-electron chi connectivity index (χ0n) is 14.6. The minimum Gasteiger partial charge on any atom is -0.318 e. The lowest BCUT2D eigenvalue weighted by Gasteiger charge is -2.10. The molecule has 0 unspecified atom stereocenters. The van der Waals surface area contributed by atoms with Crippen molar-refractivity contribution in [1.82, 2.24) is 19.3 Å². The smallest absolute Gasteiger partial charge is 0.191 e. The van der Waals surface area contributed by atoms with Gasteiger partial charge in [-0.1, -0.05) is 17.8 Å². The first kappa shape index (κ1) is 17.0. The number of hydrogen-bond acceptors (Lipinski definition) is 4. The second-order valence-corrected chi connectivity index (χ2v) is 7.51. The first-order valence-electron chi connectivity index (χ1n) is 8.55. The summed E-state index contributed by atoms with van der Waals surface area (Å²) in [5.74, 6) is 0.0488. The summed E-state index contributed by atoms with van der Waals surface area (Å²) in [5, 5.41) is 8.87. The highest BCUT2D eigenvalue weighted by molar-refractivity contribution is 7.99. The van der Waals surface area contributed by atoms with Crippen molar-refractivity contribution in [3.8, 4) is 5.69 Å². The average Bonchev–Trinajstić information content (AvgIpc) is 3.27. The van der Waals surface area contributed by atoms with E-state index in [0.29, 0.717) is 17.4 Å². The Morgan fingerprint density at radius 3 is 2.85 bits per heavy atom. The van der Waals surface area contributed by atoms with Crippen LogP contribution in [0, 0.1) is 19.7 Å². The topological polar surface area (TPSA) is 52.7 Å². The number of aromatic nitrogens is 4. The fourth-order valence-corrected chi connectivity index (χ4v) is 4.07. The van der Waals surface area contributed by atoms with Gasteiger partial charge in [0.25, 0.3) is 0 Å². The Balaban J connectivity index is 1.55. The lowest BCUT2D eigenvalue weighted by atomic mass is 10.2. The number of ketones is 1. The molecule has 0 N–H and O–H groups in total. The van der Waals surface area contributed by atoms with E-state index in [-0.39, 0.29) is 11.6 Å². The Bertz CT molecular complexity index is 974. The number of thioether (sulfide) groups is 1. The SMILES string of the molecule is Cc1cc(C(=O)CSc2nncn2C2CC2)c(C)n1-c1cccc(F)c1. The molecule has 0 spiro atoms. The molecule has 1 aliphatic rings. The van der Waals surface area contributed by atoms with Crippen molar-refractivity contribution >= 4 is 17.5 Å². The second kappa shape index (κ2) is 6.72. The quantitative estimate of drug-likeness (QED) is 0.483. The molecule has 3 aromatic rings. The van der Waals surface area contributed by atoms with Gasteiger partial charge in [-0.3, -0.25) is 4.79 Å². The molecule has 1 fully saturated rings. The third-order valence-electron chi connectivity index (χ3n) is 4.61. The number of carbonyl (C=O) groups is 1. The van der Waals surface area contributed by atoms with Crippen LogP contribution in [0.3, 0.4) is 0 Å². The maximum Gasteiger partial charge on any atom is 0.191 e. The van der Waals surface area contributed by atoms with Crippen LogP contribution in [0.15, 0.2) is 41.8 Å². The van der Waals surface area contributed by atoms with Crippen molar-refractivity contribution in [1.29, 1.82) is 0 Å². The number of benzene rings is 1. The van der Waals surface area contributed by atoms with Gasteiger partial charge in [-0.05, 0) is 51.0 Å². The van der Waals surface area contributed by atoms with Gasteiger partial charge in [-0.2, -0.15) is 0 Å². The third-order valence-corrected chi connectivity index (χ3v) is 5.57. The number of Topliss-reactive ketones (excluding diaryl/α,β-unsaturated/α-hetero) is 1. The van der Waals surface area contributed by atoms with E-state index >= 15 is 0 Å². The molecule has 134 valence electrons. The van der Waals surface area contributed by atoms with Crippen LogP contribution >= 0.6 is 11.8 Å². The summed E-state index contributed by atoms with van der Waals surface area (Å²) in [7, 11) is 0. The Morgan fingerprint density at radius 1 is 1.31 bits per heavy atom. The number of hydrogen-bond donors (Lipinski definition) is 0. The molecule has 1 aromatic carbocycles. The van der Waals surface area contributed by atoms with Crippen LogP contribution in [0.5, 0.6) is 0 Å². The van der Waals surface area contributed by atoms with Crippen molar-refractivity contribution in [3.63, 3.8) is 0 Å².